The second kappa shape index (κ2) is 6.68. The van der Waals surface area contributed by atoms with Gasteiger partial charge >= 0.3 is 0 Å². The molecule has 1 aliphatic rings. The van der Waals surface area contributed by atoms with Crippen LogP contribution >= 0.6 is 28.1 Å². The van der Waals surface area contributed by atoms with Crippen molar-refractivity contribution in [2.24, 2.45) is 5.73 Å². The van der Waals surface area contributed by atoms with Crippen LogP contribution in [0.1, 0.15) is 25.3 Å². The average Bonchev–Trinajstić information content (AvgIpc) is 2.89. The number of likely N-dealkylation sites (tertiary alicyclic amines) is 1. The average molecular weight is 342 g/mol. The number of anilines is 1. The van der Waals surface area contributed by atoms with E-state index in [1.807, 2.05) is 18.2 Å². The highest BCUT2D eigenvalue weighted by atomic mass is 79.9. The predicted molar refractivity (Wildman–Crippen MR) is 88.8 cm³/mol. The third kappa shape index (κ3) is 3.91. The molecule has 0 aromatic heterocycles. The van der Waals surface area contributed by atoms with Crippen LogP contribution in [0.5, 0.6) is 0 Å². The lowest BCUT2D eigenvalue weighted by molar-refractivity contribution is 0.269. The van der Waals surface area contributed by atoms with Gasteiger partial charge in [-0.25, -0.2) is 0 Å². The Kier molecular flexibility index (Phi) is 5.19. The van der Waals surface area contributed by atoms with E-state index in [-0.39, 0.29) is 0 Å². The standard InChI is InChI=1S/C14H20BrN3S/c1-10(18-6-2-3-7-18)9-17-13-8-11(15)4-5-12(13)14(16)19/h4-5,8,10,17H,2-3,6-7,9H2,1H3,(H2,16,19). The number of hydrogen-bond donors (Lipinski definition) is 2. The summed E-state index contributed by atoms with van der Waals surface area (Å²) in [5.74, 6) is 0. The molecule has 1 atom stereocenters. The van der Waals surface area contributed by atoms with E-state index in [0.717, 1.165) is 22.3 Å². The fourth-order valence-electron chi connectivity index (χ4n) is 2.45. The Bertz CT molecular complexity index is 458. The van der Waals surface area contributed by atoms with Gasteiger partial charge in [0.05, 0.1) is 0 Å². The molecule has 1 heterocycles. The summed E-state index contributed by atoms with van der Waals surface area (Å²) in [7, 11) is 0. The van der Waals surface area contributed by atoms with Crippen molar-refractivity contribution in [3.63, 3.8) is 0 Å². The van der Waals surface area contributed by atoms with Crippen molar-refractivity contribution in [2.45, 2.75) is 25.8 Å². The van der Waals surface area contributed by atoms with Gasteiger partial charge in [-0.15, -0.1) is 0 Å². The van der Waals surface area contributed by atoms with Gasteiger partial charge < -0.3 is 11.1 Å². The first-order valence-electron chi connectivity index (χ1n) is 6.65. The van der Waals surface area contributed by atoms with Crippen LogP contribution in [0.2, 0.25) is 0 Å². The number of rotatable bonds is 5. The number of nitrogens with two attached hydrogens (primary N) is 1. The number of benzene rings is 1. The molecule has 0 saturated carbocycles. The molecule has 0 radical (unpaired) electrons. The first-order valence-corrected chi connectivity index (χ1v) is 7.85. The fourth-order valence-corrected chi connectivity index (χ4v) is 2.99. The monoisotopic (exact) mass is 341 g/mol. The highest BCUT2D eigenvalue weighted by molar-refractivity contribution is 9.10. The quantitative estimate of drug-likeness (QED) is 0.808. The molecule has 3 nitrogen and oxygen atoms in total. The van der Waals surface area contributed by atoms with Crippen LogP contribution < -0.4 is 11.1 Å². The minimum Gasteiger partial charge on any atom is -0.389 e. The molecule has 1 aromatic carbocycles. The summed E-state index contributed by atoms with van der Waals surface area (Å²) in [5.41, 5.74) is 7.68. The largest absolute Gasteiger partial charge is 0.389 e. The van der Waals surface area contributed by atoms with E-state index in [1.165, 1.54) is 25.9 Å². The van der Waals surface area contributed by atoms with E-state index in [2.05, 4.69) is 33.1 Å². The van der Waals surface area contributed by atoms with Crippen molar-refractivity contribution >= 4 is 38.8 Å². The van der Waals surface area contributed by atoms with E-state index in [1.54, 1.807) is 0 Å². The van der Waals surface area contributed by atoms with Gasteiger partial charge in [-0.1, -0.05) is 28.1 Å². The number of hydrogen-bond acceptors (Lipinski definition) is 3. The van der Waals surface area contributed by atoms with Gasteiger partial charge in [-0.05, 0) is 51.1 Å². The molecule has 3 N–H and O–H groups in total. The van der Waals surface area contributed by atoms with E-state index >= 15 is 0 Å². The summed E-state index contributed by atoms with van der Waals surface area (Å²) in [4.78, 5) is 2.95. The molecule has 1 fully saturated rings. The molecule has 0 aliphatic carbocycles. The number of nitrogens with one attached hydrogen (secondary N) is 1. The summed E-state index contributed by atoms with van der Waals surface area (Å²) < 4.78 is 1.03. The van der Waals surface area contributed by atoms with Gasteiger partial charge in [0.1, 0.15) is 4.99 Å². The van der Waals surface area contributed by atoms with Gasteiger partial charge in [0.15, 0.2) is 0 Å². The molecular formula is C14H20BrN3S. The third-order valence-electron chi connectivity index (χ3n) is 3.60. The minimum absolute atomic E-state index is 0.434. The van der Waals surface area contributed by atoms with E-state index < -0.39 is 0 Å². The van der Waals surface area contributed by atoms with Gasteiger partial charge in [0.2, 0.25) is 0 Å². The third-order valence-corrected chi connectivity index (χ3v) is 4.31. The van der Waals surface area contributed by atoms with E-state index in [4.69, 9.17) is 18.0 Å². The highest BCUT2D eigenvalue weighted by Gasteiger charge is 2.18. The fraction of sp³-hybridized carbons (Fsp3) is 0.500. The second-order valence-electron chi connectivity index (χ2n) is 5.03. The first-order chi connectivity index (χ1) is 9.08. The molecule has 1 saturated heterocycles. The maximum absolute atomic E-state index is 5.76. The lowest BCUT2D eigenvalue weighted by Gasteiger charge is -2.25. The Morgan fingerprint density at radius 3 is 2.79 bits per heavy atom. The maximum Gasteiger partial charge on any atom is 0.106 e. The number of nitrogens with zero attached hydrogens (tertiary/aromatic N) is 1. The zero-order valence-corrected chi connectivity index (χ0v) is 13.6. The molecule has 0 bridgehead atoms. The normalized spacial score (nSPS) is 17.4. The summed E-state index contributed by atoms with van der Waals surface area (Å²) >= 11 is 8.58. The molecule has 5 heteroatoms. The second-order valence-corrected chi connectivity index (χ2v) is 6.38. The lowest BCUT2D eigenvalue weighted by atomic mass is 10.1. The molecule has 0 amide bonds. The summed E-state index contributed by atoms with van der Waals surface area (Å²) in [5, 5.41) is 3.47. The van der Waals surface area contributed by atoms with Gasteiger partial charge in [-0.2, -0.15) is 0 Å². The topological polar surface area (TPSA) is 41.3 Å². The Labute approximate surface area is 128 Å². The van der Waals surface area contributed by atoms with Crippen molar-refractivity contribution in [3.05, 3.63) is 28.2 Å². The molecule has 19 heavy (non-hydrogen) atoms. The van der Waals surface area contributed by atoms with Gasteiger partial charge in [0, 0.05) is 28.3 Å². The van der Waals surface area contributed by atoms with Crippen LogP contribution in [0.25, 0.3) is 0 Å². The smallest absolute Gasteiger partial charge is 0.106 e. The Balaban J connectivity index is 2.01. The maximum atomic E-state index is 5.76. The van der Waals surface area contributed by atoms with Crippen molar-refractivity contribution in [2.75, 3.05) is 25.0 Å². The summed E-state index contributed by atoms with van der Waals surface area (Å²) in [6.07, 6.45) is 2.64. The predicted octanol–water partition coefficient (Wildman–Crippen LogP) is 2.98. The zero-order chi connectivity index (χ0) is 13.8. The molecule has 2 rings (SSSR count). The van der Waals surface area contributed by atoms with Crippen LogP contribution in [0.15, 0.2) is 22.7 Å². The first kappa shape index (κ1) is 14.8. The Morgan fingerprint density at radius 1 is 1.47 bits per heavy atom. The molecule has 1 aliphatic heterocycles. The Morgan fingerprint density at radius 2 is 2.16 bits per heavy atom. The van der Waals surface area contributed by atoms with Crippen LogP contribution in [0, 0.1) is 0 Å². The van der Waals surface area contributed by atoms with E-state index in [0.29, 0.717) is 11.0 Å². The van der Waals surface area contributed by atoms with Gasteiger partial charge in [-0.3, -0.25) is 4.90 Å². The Hall–Kier alpha value is -0.650. The van der Waals surface area contributed by atoms with Crippen LogP contribution in [0.3, 0.4) is 0 Å². The molecular weight excluding hydrogens is 322 g/mol. The number of halogens is 1. The lowest BCUT2D eigenvalue weighted by Crippen LogP contribution is -2.35. The molecule has 0 spiro atoms. The van der Waals surface area contributed by atoms with Crippen molar-refractivity contribution in [3.8, 4) is 0 Å². The summed E-state index contributed by atoms with van der Waals surface area (Å²) in [6, 6.07) is 6.48. The summed E-state index contributed by atoms with van der Waals surface area (Å²) in [6.45, 7) is 5.59. The number of thiocarbonyl (C=S) groups is 1. The highest BCUT2D eigenvalue weighted by Crippen LogP contribution is 2.22. The van der Waals surface area contributed by atoms with Crippen molar-refractivity contribution < 1.29 is 0 Å². The van der Waals surface area contributed by atoms with Crippen molar-refractivity contribution in [1.82, 2.24) is 4.90 Å². The van der Waals surface area contributed by atoms with Crippen LogP contribution in [-0.2, 0) is 0 Å². The molecule has 104 valence electrons. The van der Waals surface area contributed by atoms with Gasteiger partial charge in [0.25, 0.3) is 0 Å². The van der Waals surface area contributed by atoms with Crippen LogP contribution in [0.4, 0.5) is 5.69 Å². The zero-order valence-electron chi connectivity index (χ0n) is 11.2. The molecule has 1 unspecified atom stereocenters. The minimum atomic E-state index is 0.434. The van der Waals surface area contributed by atoms with Crippen molar-refractivity contribution in [1.29, 1.82) is 0 Å². The molecule has 1 aromatic rings. The van der Waals surface area contributed by atoms with Crippen LogP contribution in [-0.4, -0.2) is 35.6 Å². The van der Waals surface area contributed by atoms with E-state index in [9.17, 15) is 0 Å². The SMILES string of the molecule is CC(CNc1cc(Br)ccc1C(N)=S)N1CCCC1.